The Kier molecular flexibility index (Phi) is 7.10. The van der Waals surface area contributed by atoms with Crippen molar-refractivity contribution < 1.29 is 13.9 Å². The van der Waals surface area contributed by atoms with Crippen LogP contribution in [0, 0.1) is 0 Å². The molecule has 0 unspecified atom stereocenters. The van der Waals surface area contributed by atoms with E-state index in [-0.39, 0.29) is 12.2 Å². The zero-order valence-corrected chi connectivity index (χ0v) is 23.0. The second-order valence-electron chi connectivity index (χ2n) is 9.00. The minimum Gasteiger partial charge on any atom is -0.463 e. The van der Waals surface area contributed by atoms with Crippen LogP contribution in [0.4, 0.5) is 5.69 Å². The summed E-state index contributed by atoms with van der Waals surface area (Å²) in [6.45, 7) is 3.75. The average Bonchev–Trinajstić information content (AvgIpc) is 3.48. The van der Waals surface area contributed by atoms with Crippen molar-refractivity contribution in [3.63, 3.8) is 0 Å². The smallest absolute Gasteiger partial charge is 0.338 e. The second-order valence-corrected chi connectivity index (χ2v) is 10.4. The molecule has 0 fully saturated rings. The number of furan rings is 1. The summed E-state index contributed by atoms with van der Waals surface area (Å²) in [6, 6.07) is 18.1. The Bertz CT molecular complexity index is 1710. The van der Waals surface area contributed by atoms with Crippen LogP contribution in [0.1, 0.15) is 31.2 Å². The number of thiazole rings is 1. The van der Waals surface area contributed by atoms with E-state index in [1.165, 1.54) is 11.3 Å². The minimum atomic E-state index is -0.662. The molecule has 0 saturated heterocycles. The molecule has 0 radical (unpaired) electrons. The first kappa shape index (κ1) is 25.8. The number of hydrogen-bond acceptors (Lipinski definition) is 7. The predicted octanol–water partition coefficient (Wildman–Crippen LogP) is 4.78. The molecule has 194 valence electrons. The lowest BCUT2D eigenvalue weighted by Gasteiger charge is -2.25. The van der Waals surface area contributed by atoms with Crippen molar-refractivity contribution >= 4 is 40.7 Å². The molecule has 0 saturated carbocycles. The number of rotatable bonds is 6. The zero-order valence-electron chi connectivity index (χ0n) is 21.4. The molecule has 0 N–H and O–H groups in total. The van der Waals surface area contributed by atoms with Crippen LogP contribution >= 0.6 is 22.9 Å². The van der Waals surface area contributed by atoms with Gasteiger partial charge in [0.2, 0.25) is 0 Å². The van der Waals surface area contributed by atoms with Gasteiger partial charge in [0.1, 0.15) is 11.5 Å². The maximum atomic E-state index is 13.8. The molecule has 5 rings (SSSR count). The number of benzene rings is 2. The van der Waals surface area contributed by atoms with Crippen molar-refractivity contribution in [1.29, 1.82) is 0 Å². The van der Waals surface area contributed by atoms with Gasteiger partial charge in [-0.2, -0.15) is 0 Å². The summed E-state index contributed by atoms with van der Waals surface area (Å²) in [5.74, 6) is 0.719. The summed E-state index contributed by atoms with van der Waals surface area (Å²) >= 11 is 7.26. The standard InChI is InChI=1S/C29H26ClN3O4S/c1-5-36-28(35)25-17(2)31-29-33(26(25)19-8-12-21(13-9-19)32(3)4)27(34)24(38-29)16-22-14-15-23(37-22)18-6-10-20(30)11-7-18/h6-16,26H,5H2,1-4H3/b24-16+/t26-/m0/s1. The Morgan fingerprint density at radius 1 is 1.13 bits per heavy atom. The third-order valence-electron chi connectivity index (χ3n) is 6.27. The molecule has 1 aliphatic rings. The number of anilines is 1. The van der Waals surface area contributed by atoms with Gasteiger partial charge in [-0.05, 0) is 67.9 Å². The lowest BCUT2D eigenvalue weighted by atomic mass is 9.95. The fourth-order valence-electron chi connectivity index (χ4n) is 4.39. The monoisotopic (exact) mass is 547 g/mol. The highest BCUT2D eigenvalue weighted by Crippen LogP contribution is 2.31. The van der Waals surface area contributed by atoms with Crippen molar-refractivity contribution in [3.8, 4) is 11.3 Å². The molecule has 9 heteroatoms. The highest BCUT2D eigenvalue weighted by Gasteiger charge is 2.33. The van der Waals surface area contributed by atoms with E-state index < -0.39 is 12.0 Å². The fraction of sp³-hybridized carbons (Fsp3) is 0.207. The molecule has 3 heterocycles. The molecule has 2 aromatic heterocycles. The lowest BCUT2D eigenvalue weighted by Crippen LogP contribution is -2.39. The summed E-state index contributed by atoms with van der Waals surface area (Å²) in [5.41, 5.74) is 3.31. The number of carbonyl (C=O) groups is 1. The number of aromatic nitrogens is 1. The van der Waals surface area contributed by atoms with Gasteiger partial charge >= 0.3 is 5.97 Å². The van der Waals surface area contributed by atoms with Gasteiger partial charge < -0.3 is 14.1 Å². The Hall–Kier alpha value is -3.88. The predicted molar refractivity (Wildman–Crippen MR) is 150 cm³/mol. The molecule has 7 nitrogen and oxygen atoms in total. The Morgan fingerprint density at radius 3 is 2.50 bits per heavy atom. The number of hydrogen-bond donors (Lipinski definition) is 0. The van der Waals surface area contributed by atoms with Crippen LogP contribution in [-0.2, 0) is 9.53 Å². The van der Waals surface area contributed by atoms with Crippen LogP contribution in [-0.4, -0.2) is 31.2 Å². The SMILES string of the molecule is CCOC(=O)C1=C(C)N=c2s/c(=C/c3ccc(-c4ccc(Cl)cc4)o3)c(=O)n2[C@H]1c1ccc(N(C)C)cc1. The molecule has 1 aliphatic heterocycles. The zero-order chi connectivity index (χ0) is 27.0. The molecule has 0 bridgehead atoms. The normalized spacial score (nSPS) is 15.3. The lowest BCUT2D eigenvalue weighted by molar-refractivity contribution is -0.139. The van der Waals surface area contributed by atoms with Gasteiger partial charge in [0.25, 0.3) is 5.56 Å². The number of carbonyl (C=O) groups excluding carboxylic acids is 1. The average molecular weight is 548 g/mol. The first-order chi connectivity index (χ1) is 18.3. The summed E-state index contributed by atoms with van der Waals surface area (Å²) in [6.07, 6.45) is 1.71. The molecule has 2 aromatic carbocycles. The molecular formula is C29H26ClN3O4S. The van der Waals surface area contributed by atoms with E-state index in [0.29, 0.717) is 37.1 Å². The molecule has 4 aromatic rings. The highest BCUT2D eigenvalue weighted by atomic mass is 35.5. The van der Waals surface area contributed by atoms with E-state index in [9.17, 15) is 9.59 Å². The summed E-state index contributed by atoms with van der Waals surface area (Å²) in [7, 11) is 3.92. The summed E-state index contributed by atoms with van der Waals surface area (Å²) in [5, 5.41) is 0.644. The Balaban J connectivity index is 1.62. The van der Waals surface area contributed by atoms with Crippen molar-refractivity contribution in [2.24, 2.45) is 4.99 Å². The molecular weight excluding hydrogens is 522 g/mol. The molecule has 38 heavy (non-hydrogen) atoms. The third-order valence-corrected chi connectivity index (χ3v) is 7.51. The maximum Gasteiger partial charge on any atom is 0.338 e. The number of fused-ring (bicyclic) bond motifs is 1. The van der Waals surface area contributed by atoms with E-state index in [2.05, 4.69) is 4.99 Å². The number of halogens is 1. The van der Waals surface area contributed by atoms with Crippen molar-refractivity contribution in [2.45, 2.75) is 19.9 Å². The van der Waals surface area contributed by atoms with Crippen LogP contribution in [0.25, 0.3) is 17.4 Å². The van der Waals surface area contributed by atoms with Gasteiger partial charge in [0, 0.05) is 36.4 Å². The van der Waals surface area contributed by atoms with Gasteiger partial charge in [-0.15, -0.1) is 0 Å². The van der Waals surface area contributed by atoms with Crippen LogP contribution in [0.15, 0.2) is 86.1 Å². The Labute approximate surface area is 228 Å². The highest BCUT2D eigenvalue weighted by molar-refractivity contribution is 7.07. The number of allylic oxidation sites excluding steroid dienone is 1. The van der Waals surface area contributed by atoms with Gasteiger partial charge in [-0.25, -0.2) is 9.79 Å². The topological polar surface area (TPSA) is 77.0 Å². The van der Waals surface area contributed by atoms with Crippen molar-refractivity contribution in [3.05, 3.63) is 108 Å². The summed E-state index contributed by atoms with van der Waals surface area (Å²) < 4.78 is 13.4. The fourth-order valence-corrected chi connectivity index (χ4v) is 5.54. The van der Waals surface area contributed by atoms with Crippen LogP contribution in [0.2, 0.25) is 5.02 Å². The first-order valence-electron chi connectivity index (χ1n) is 12.1. The Morgan fingerprint density at radius 2 is 1.84 bits per heavy atom. The van der Waals surface area contributed by atoms with Gasteiger partial charge in [-0.1, -0.05) is 35.1 Å². The molecule has 0 amide bonds. The van der Waals surface area contributed by atoms with Gasteiger partial charge in [-0.3, -0.25) is 9.36 Å². The van der Waals surface area contributed by atoms with E-state index in [0.717, 1.165) is 16.8 Å². The quantitative estimate of drug-likeness (QED) is 0.325. The number of nitrogens with zero attached hydrogens (tertiary/aromatic N) is 3. The second kappa shape index (κ2) is 10.5. The van der Waals surface area contributed by atoms with Gasteiger partial charge in [0.15, 0.2) is 4.80 Å². The summed E-state index contributed by atoms with van der Waals surface area (Å²) in [4.78, 5) is 33.9. The molecule has 0 aliphatic carbocycles. The minimum absolute atomic E-state index is 0.223. The van der Waals surface area contributed by atoms with Crippen LogP contribution < -0.4 is 19.8 Å². The van der Waals surface area contributed by atoms with Crippen molar-refractivity contribution in [1.82, 2.24) is 4.57 Å². The molecule has 1 atom stereocenters. The molecule has 0 spiro atoms. The van der Waals surface area contributed by atoms with E-state index in [1.807, 2.05) is 67.5 Å². The third kappa shape index (κ3) is 4.85. The first-order valence-corrected chi connectivity index (χ1v) is 13.3. The van der Waals surface area contributed by atoms with Gasteiger partial charge in [0.05, 0.1) is 28.5 Å². The van der Waals surface area contributed by atoms with Crippen molar-refractivity contribution in [2.75, 3.05) is 25.6 Å². The largest absolute Gasteiger partial charge is 0.463 e. The van der Waals surface area contributed by atoms with Crippen LogP contribution in [0.3, 0.4) is 0 Å². The van der Waals surface area contributed by atoms with E-state index in [1.54, 1.807) is 36.6 Å². The number of ether oxygens (including phenoxy) is 1. The number of esters is 1. The van der Waals surface area contributed by atoms with Crippen LogP contribution in [0.5, 0.6) is 0 Å². The maximum absolute atomic E-state index is 13.8. The van der Waals surface area contributed by atoms with E-state index >= 15 is 0 Å². The van der Waals surface area contributed by atoms with E-state index in [4.69, 9.17) is 20.8 Å².